The van der Waals surface area contributed by atoms with Gasteiger partial charge in [0.25, 0.3) is 5.91 Å². The monoisotopic (exact) mass is 361 g/mol. The van der Waals surface area contributed by atoms with Crippen LogP contribution in [0.15, 0.2) is 53.7 Å². The third kappa shape index (κ3) is 4.04. The van der Waals surface area contributed by atoms with Crippen molar-refractivity contribution >= 4 is 15.9 Å². The molecule has 0 aliphatic carbocycles. The Morgan fingerprint density at radius 1 is 1.28 bits per heavy atom. The molecule has 2 N–H and O–H groups in total. The Morgan fingerprint density at radius 3 is 2.76 bits per heavy atom. The number of amides is 1. The summed E-state index contributed by atoms with van der Waals surface area (Å²) in [5.41, 5.74) is 1.30. The molecule has 1 amide bonds. The maximum Gasteiger partial charge on any atom is 0.251 e. The van der Waals surface area contributed by atoms with Crippen LogP contribution < -0.4 is 5.32 Å². The minimum Gasteiger partial charge on any atom is -0.390 e. The molecule has 7 nitrogen and oxygen atoms in total. The largest absolute Gasteiger partial charge is 0.390 e. The Hall–Kier alpha value is -2.29. The molecule has 0 saturated carbocycles. The molecule has 0 bridgehead atoms. The van der Waals surface area contributed by atoms with Gasteiger partial charge in [-0.1, -0.05) is 12.1 Å². The van der Waals surface area contributed by atoms with Crippen molar-refractivity contribution in [2.45, 2.75) is 17.4 Å². The molecule has 0 spiro atoms. The van der Waals surface area contributed by atoms with E-state index in [9.17, 15) is 18.3 Å². The molecular weight excluding hydrogens is 342 g/mol. The predicted molar refractivity (Wildman–Crippen MR) is 91.5 cm³/mol. The summed E-state index contributed by atoms with van der Waals surface area (Å²) in [6, 6.07) is 9.68. The second-order valence-corrected chi connectivity index (χ2v) is 7.81. The SMILES string of the molecule is O=C(NCCc1cccnc1)c1cccc(S(=O)(=O)N2CC(O)C2)c1. The van der Waals surface area contributed by atoms with Crippen LogP contribution in [0.2, 0.25) is 0 Å². The number of pyridine rings is 1. The molecule has 0 unspecified atom stereocenters. The molecule has 1 aliphatic heterocycles. The number of benzene rings is 1. The van der Waals surface area contributed by atoms with E-state index in [4.69, 9.17) is 0 Å². The van der Waals surface area contributed by atoms with E-state index in [1.807, 2.05) is 12.1 Å². The second kappa shape index (κ2) is 7.30. The van der Waals surface area contributed by atoms with Crippen molar-refractivity contribution in [2.24, 2.45) is 0 Å². The fourth-order valence-electron chi connectivity index (χ4n) is 2.53. The molecule has 2 heterocycles. The lowest BCUT2D eigenvalue weighted by Gasteiger charge is -2.34. The number of carbonyl (C=O) groups excluding carboxylic acids is 1. The standard InChI is InChI=1S/C17H19N3O4S/c21-15-11-20(12-15)25(23,24)16-5-1-4-14(9-16)17(22)19-8-6-13-3-2-7-18-10-13/h1-5,7,9-10,15,21H,6,8,11-12H2,(H,19,22). The maximum atomic E-state index is 12.4. The van der Waals surface area contributed by atoms with Crippen molar-refractivity contribution < 1.29 is 18.3 Å². The van der Waals surface area contributed by atoms with Crippen molar-refractivity contribution in [3.05, 3.63) is 59.9 Å². The summed E-state index contributed by atoms with van der Waals surface area (Å²) in [6.07, 6.45) is 3.45. The lowest BCUT2D eigenvalue weighted by atomic mass is 10.2. The third-order valence-electron chi connectivity index (χ3n) is 3.98. The molecule has 1 aliphatic rings. The molecular formula is C17H19N3O4S. The average molecular weight is 361 g/mol. The van der Waals surface area contributed by atoms with Crippen LogP contribution >= 0.6 is 0 Å². The number of aromatic nitrogens is 1. The summed E-state index contributed by atoms with van der Waals surface area (Å²) in [7, 11) is -3.67. The number of carbonyl (C=O) groups is 1. The fraction of sp³-hybridized carbons (Fsp3) is 0.294. The molecule has 3 rings (SSSR count). The smallest absolute Gasteiger partial charge is 0.251 e. The zero-order valence-electron chi connectivity index (χ0n) is 13.5. The zero-order chi connectivity index (χ0) is 17.9. The summed E-state index contributed by atoms with van der Waals surface area (Å²) in [5.74, 6) is -0.329. The van der Waals surface area contributed by atoms with Gasteiger partial charge in [-0.15, -0.1) is 0 Å². The van der Waals surface area contributed by atoms with Crippen LogP contribution in [-0.2, 0) is 16.4 Å². The first-order valence-electron chi connectivity index (χ1n) is 7.92. The van der Waals surface area contributed by atoms with Crippen LogP contribution in [0.25, 0.3) is 0 Å². The third-order valence-corrected chi connectivity index (χ3v) is 5.81. The summed E-state index contributed by atoms with van der Waals surface area (Å²) in [6.45, 7) is 0.605. The molecule has 132 valence electrons. The van der Waals surface area contributed by atoms with Gasteiger partial charge in [-0.2, -0.15) is 4.31 Å². The van der Waals surface area contributed by atoms with Crippen molar-refractivity contribution in [3.8, 4) is 0 Å². The van der Waals surface area contributed by atoms with Gasteiger partial charge in [-0.05, 0) is 36.2 Å². The van der Waals surface area contributed by atoms with E-state index in [2.05, 4.69) is 10.3 Å². The lowest BCUT2D eigenvalue weighted by Crippen LogP contribution is -2.53. The van der Waals surface area contributed by atoms with Crippen LogP contribution in [-0.4, -0.2) is 54.5 Å². The van der Waals surface area contributed by atoms with Crippen molar-refractivity contribution in [2.75, 3.05) is 19.6 Å². The number of aliphatic hydroxyl groups excluding tert-OH is 1. The average Bonchev–Trinajstić information content (AvgIpc) is 2.60. The van der Waals surface area contributed by atoms with Crippen molar-refractivity contribution in [1.29, 1.82) is 0 Å². The molecule has 1 aromatic heterocycles. The highest BCUT2D eigenvalue weighted by molar-refractivity contribution is 7.89. The van der Waals surface area contributed by atoms with Crippen LogP contribution in [0.1, 0.15) is 15.9 Å². The molecule has 0 radical (unpaired) electrons. The highest BCUT2D eigenvalue weighted by Crippen LogP contribution is 2.22. The molecule has 25 heavy (non-hydrogen) atoms. The number of hydrogen-bond acceptors (Lipinski definition) is 5. The van der Waals surface area contributed by atoms with E-state index >= 15 is 0 Å². The highest BCUT2D eigenvalue weighted by Gasteiger charge is 2.35. The second-order valence-electron chi connectivity index (χ2n) is 5.87. The van der Waals surface area contributed by atoms with Gasteiger partial charge in [0.15, 0.2) is 0 Å². The van der Waals surface area contributed by atoms with Gasteiger partial charge in [-0.3, -0.25) is 9.78 Å². The van der Waals surface area contributed by atoms with Crippen LogP contribution in [0.3, 0.4) is 0 Å². The van der Waals surface area contributed by atoms with E-state index in [-0.39, 0.29) is 29.5 Å². The van der Waals surface area contributed by atoms with E-state index in [1.165, 1.54) is 16.4 Å². The first-order chi connectivity index (χ1) is 12.0. The molecule has 1 aromatic carbocycles. The Labute approximate surface area is 146 Å². The van der Waals surface area contributed by atoms with Crippen molar-refractivity contribution in [3.63, 3.8) is 0 Å². The molecule has 1 saturated heterocycles. The van der Waals surface area contributed by atoms with Gasteiger partial charge < -0.3 is 10.4 Å². The Morgan fingerprint density at radius 2 is 2.08 bits per heavy atom. The normalized spacial score (nSPS) is 15.6. The summed E-state index contributed by atoms with van der Waals surface area (Å²) in [5, 5.41) is 12.1. The number of rotatable bonds is 6. The van der Waals surface area contributed by atoms with Crippen LogP contribution in [0, 0.1) is 0 Å². The Kier molecular flexibility index (Phi) is 5.12. The van der Waals surface area contributed by atoms with E-state index in [0.29, 0.717) is 13.0 Å². The number of sulfonamides is 1. The minimum atomic E-state index is -3.67. The van der Waals surface area contributed by atoms with Crippen LogP contribution in [0.5, 0.6) is 0 Å². The van der Waals surface area contributed by atoms with Gasteiger partial charge in [0.2, 0.25) is 10.0 Å². The quantitative estimate of drug-likeness (QED) is 0.777. The molecule has 2 aromatic rings. The first-order valence-corrected chi connectivity index (χ1v) is 9.36. The van der Waals surface area contributed by atoms with E-state index < -0.39 is 16.1 Å². The minimum absolute atomic E-state index is 0.0549. The Balaban J connectivity index is 1.63. The van der Waals surface area contributed by atoms with Gasteiger partial charge in [0.1, 0.15) is 0 Å². The van der Waals surface area contributed by atoms with Crippen molar-refractivity contribution in [1.82, 2.24) is 14.6 Å². The van der Waals surface area contributed by atoms with Gasteiger partial charge >= 0.3 is 0 Å². The number of hydrogen-bond donors (Lipinski definition) is 2. The first kappa shape index (κ1) is 17.5. The van der Waals surface area contributed by atoms with Gasteiger partial charge in [-0.25, -0.2) is 8.42 Å². The maximum absolute atomic E-state index is 12.4. The topological polar surface area (TPSA) is 99.6 Å². The molecule has 8 heteroatoms. The fourth-order valence-corrected chi connectivity index (χ4v) is 4.09. The van der Waals surface area contributed by atoms with Gasteiger partial charge in [0, 0.05) is 37.6 Å². The van der Waals surface area contributed by atoms with Gasteiger partial charge in [0.05, 0.1) is 11.0 Å². The predicted octanol–water partition coefficient (Wildman–Crippen LogP) is 0.419. The van der Waals surface area contributed by atoms with E-state index in [1.54, 1.807) is 24.5 Å². The number of β-amino-alcohol motifs (C(OH)–C–C–N with tert-alkyl or cyclic N) is 1. The number of aliphatic hydroxyl groups is 1. The zero-order valence-corrected chi connectivity index (χ0v) is 14.3. The number of nitrogens with one attached hydrogen (secondary N) is 1. The van der Waals surface area contributed by atoms with E-state index in [0.717, 1.165) is 5.56 Å². The lowest BCUT2D eigenvalue weighted by molar-refractivity contribution is 0.0547. The summed E-state index contributed by atoms with van der Waals surface area (Å²) >= 11 is 0. The summed E-state index contributed by atoms with van der Waals surface area (Å²) < 4.78 is 26.0. The highest BCUT2D eigenvalue weighted by atomic mass is 32.2. The Bertz CT molecular complexity index is 849. The molecule has 1 fully saturated rings. The summed E-state index contributed by atoms with van der Waals surface area (Å²) in [4.78, 5) is 16.3. The number of nitrogens with zero attached hydrogens (tertiary/aromatic N) is 2. The molecule has 0 atom stereocenters. The van der Waals surface area contributed by atoms with Crippen LogP contribution in [0.4, 0.5) is 0 Å².